The van der Waals surface area contributed by atoms with Crippen LogP contribution in [0.25, 0.3) is 5.57 Å². The molecule has 2 amide bonds. The smallest absolute Gasteiger partial charge is 0.278 e. The van der Waals surface area contributed by atoms with Crippen molar-refractivity contribution in [3.63, 3.8) is 0 Å². The molecule has 1 N–H and O–H groups in total. The predicted molar refractivity (Wildman–Crippen MR) is 106 cm³/mol. The van der Waals surface area contributed by atoms with E-state index in [9.17, 15) is 9.59 Å². The minimum absolute atomic E-state index is 0.194. The first-order valence-electron chi connectivity index (χ1n) is 9.17. The van der Waals surface area contributed by atoms with Crippen LogP contribution in [0.4, 0.5) is 5.69 Å². The third-order valence-corrected chi connectivity index (χ3v) is 4.21. The first-order chi connectivity index (χ1) is 13.0. The first kappa shape index (κ1) is 18.7. The molecule has 0 atom stereocenters. The molecule has 1 aliphatic rings. The Bertz CT molecular complexity index is 855. The second kappa shape index (κ2) is 8.08. The normalized spacial score (nSPS) is 14.3. The molecule has 0 aliphatic carbocycles. The number of benzene rings is 2. The quantitative estimate of drug-likeness (QED) is 0.756. The molecule has 140 valence electrons. The zero-order valence-electron chi connectivity index (χ0n) is 15.9. The van der Waals surface area contributed by atoms with E-state index in [0.717, 1.165) is 17.0 Å². The largest absolute Gasteiger partial charge is 0.494 e. The van der Waals surface area contributed by atoms with Crippen LogP contribution >= 0.6 is 0 Å². The fraction of sp³-hybridized carbons (Fsp3) is 0.273. The second-order valence-corrected chi connectivity index (χ2v) is 6.81. The van der Waals surface area contributed by atoms with Crippen molar-refractivity contribution in [1.29, 1.82) is 0 Å². The van der Waals surface area contributed by atoms with Gasteiger partial charge in [-0.15, -0.1) is 0 Å². The highest BCUT2D eigenvalue weighted by Gasteiger charge is 2.39. The van der Waals surface area contributed by atoms with E-state index in [1.807, 2.05) is 75.4 Å². The van der Waals surface area contributed by atoms with Crippen molar-refractivity contribution >= 4 is 23.1 Å². The van der Waals surface area contributed by atoms with Gasteiger partial charge in [0.1, 0.15) is 11.4 Å². The van der Waals surface area contributed by atoms with E-state index in [4.69, 9.17) is 4.74 Å². The van der Waals surface area contributed by atoms with Gasteiger partial charge in [0.05, 0.1) is 12.2 Å². The van der Waals surface area contributed by atoms with E-state index >= 15 is 0 Å². The highest BCUT2D eigenvalue weighted by Crippen LogP contribution is 2.31. The Balaban J connectivity index is 1.97. The Hall–Kier alpha value is -3.08. The van der Waals surface area contributed by atoms with E-state index in [-0.39, 0.29) is 17.7 Å². The summed E-state index contributed by atoms with van der Waals surface area (Å²) in [6.07, 6.45) is 0. The number of nitrogens with zero attached hydrogens (tertiary/aromatic N) is 1. The first-order valence-corrected chi connectivity index (χ1v) is 9.17. The van der Waals surface area contributed by atoms with Gasteiger partial charge < -0.3 is 10.1 Å². The lowest BCUT2D eigenvalue weighted by molar-refractivity contribution is -0.137. The molecular formula is C22H24N2O3. The minimum atomic E-state index is -0.290. The average molecular weight is 364 g/mol. The van der Waals surface area contributed by atoms with Crippen LogP contribution in [0.15, 0.2) is 60.3 Å². The van der Waals surface area contributed by atoms with Gasteiger partial charge in [-0.2, -0.15) is 0 Å². The van der Waals surface area contributed by atoms with Gasteiger partial charge in [-0.25, -0.2) is 0 Å². The van der Waals surface area contributed by atoms with Crippen LogP contribution in [0.1, 0.15) is 26.3 Å². The van der Waals surface area contributed by atoms with Crippen molar-refractivity contribution < 1.29 is 14.3 Å². The molecule has 0 bridgehead atoms. The summed E-state index contributed by atoms with van der Waals surface area (Å²) in [5, 5.41) is 3.15. The lowest BCUT2D eigenvalue weighted by Crippen LogP contribution is -2.35. The Morgan fingerprint density at radius 1 is 0.963 bits per heavy atom. The van der Waals surface area contributed by atoms with E-state index in [1.54, 1.807) is 0 Å². The maximum absolute atomic E-state index is 13.0. The molecule has 0 radical (unpaired) electrons. The molecule has 0 unspecified atom stereocenters. The lowest BCUT2D eigenvalue weighted by atomic mass is 10.0. The summed E-state index contributed by atoms with van der Waals surface area (Å²) in [6.45, 7) is 6.88. The Labute approximate surface area is 159 Å². The SMILES string of the molecule is CCOc1ccc(NC2=C(c3ccccc3)C(=O)N(CC(C)C)C2=O)cc1. The third-order valence-electron chi connectivity index (χ3n) is 4.21. The Morgan fingerprint density at radius 3 is 2.22 bits per heavy atom. The van der Waals surface area contributed by atoms with Gasteiger partial charge in [-0.3, -0.25) is 14.5 Å². The zero-order valence-corrected chi connectivity index (χ0v) is 15.9. The standard InChI is InChI=1S/C22H24N2O3/c1-4-27-18-12-10-17(11-13-18)23-20-19(16-8-6-5-7-9-16)21(25)24(22(20)26)14-15(2)3/h5-13,15,23H,4,14H2,1-3H3. The minimum Gasteiger partial charge on any atom is -0.494 e. The molecule has 0 aromatic heterocycles. The van der Waals surface area contributed by atoms with E-state index in [2.05, 4.69) is 5.32 Å². The predicted octanol–water partition coefficient (Wildman–Crippen LogP) is 3.93. The van der Waals surface area contributed by atoms with E-state index in [0.29, 0.717) is 24.4 Å². The second-order valence-electron chi connectivity index (χ2n) is 6.81. The number of amides is 2. The molecule has 1 heterocycles. The van der Waals surface area contributed by atoms with Gasteiger partial charge in [0, 0.05) is 12.2 Å². The molecule has 3 rings (SSSR count). The lowest BCUT2D eigenvalue weighted by Gasteiger charge is -2.17. The maximum atomic E-state index is 13.0. The summed E-state index contributed by atoms with van der Waals surface area (Å²) < 4.78 is 5.45. The summed E-state index contributed by atoms with van der Waals surface area (Å²) in [7, 11) is 0. The molecule has 0 saturated heterocycles. The molecule has 0 saturated carbocycles. The van der Waals surface area contributed by atoms with Crippen LogP contribution in [-0.2, 0) is 9.59 Å². The van der Waals surface area contributed by atoms with Gasteiger partial charge in [-0.1, -0.05) is 44.2 Å². The molecular weight excluding hydrogens is 340 g/mol. The summed E-state index contributed by atoms with van der Waals surface area (Å²) in [5.41, 5.74) is 2.19. The van der Waals surface area contributed by atoms with Crippen molar-refractivity contribution in [3.8, 4) is 5.75 Å². The van der Waals surface area contributed by atoms with Gasteiger partial charge >= 0.3 is 0 Å². The summed E-state index contributed by atoms with van der Waals surface area (Å²) in [5.74, 6) is 0.407. The summed E-state index contributed by atoms with van der Waals surface area (Å²) >= 11 is 0. The topological polar surface area (TPSA) is 58.6 Å². The number of rotatable bonds is 7. The van der Waals surface area contributed by atoms with Crippen molar-refractivity contribution in [3.05, 3.63) is 65.9 Å². The fourth-order valence-electron chi connectivity index (χ4n) is 3.04. The summed E-state index contributed by atoms with van der Waals surface area (Å²) in [4.78, 5) is 27.3. The Kier molecular flexibility index (Phi) is 5.60. The molecule has 0 fully saturated rings. The van der Waals surface area contributed by atoms with Crippen LogP contribution < -0.4 is 10.1 Å². The Morgan fingerprint density at radius 2 is 1.63 bits per heavy atom. The van der Waals surface area contributed by atoms with Crippen LogP contribution in [-0.4, -0.2) is 29.9 Å². The third kappa shape index (κ3) is 4.03. The molecule has 27 heavy (non-hydrogen) atoms. The van der Waals surface area contributed by atoms with Gasteiger partial charge in [-0.05, 0) is 42.7 Å². The van der Waals surface area contributed by atoms with Crippen LogP contribution in [0, 0.1) is 5.92 Å². The van der Waals surface area contributed by atoms with Crippen molar-refractivity contribution in [1.82, 2.24) is 4.90 Å². The number of imide groups is 1. The molecule has 0 spiro atoms. The number of ether oxygens (including phenoxy) is 1. The van der Waals surface area contributed by atoms with E-state index < -0.39 is 0 Å². The van der Waals surface area contributed by atoms with Crippen LogP contribution in [0.2, 0.25) is 0 Å². The van der Waals surface area contributed by atoms with E-state index in [1.165, 1.54) is 4.90 Å². The fourth-order valence-corrected chi connectivity index (χ4v) is 3.04. The van der Waals surface area contributed by atoms with Crippen molar-refractivity contribution in [2.75, 3.05) is 18.5 Å². The summed E-state index contributed by atoms with van der Waals surface area (Å²) in [6, 6.07) is 16.6. The number of nitrogens with one attached hydrogen (secondary N) is 1. The highest BCUT2D eigenvalue weighted by molar-refractivity contribution is 6.36. The van der Waals surface area contributed by atoms with Crippen molar-refractivity contribution in [2.45, 2.75) is 20.8 Å². The number of carbonyl (C=O) groups excluding carboxylic acids is 2. The molecule has 1 aliphatic heterocycles. The average Bonchev–Trinajstić information content (AvgIpc) is 2.88. The maximum Gasteiger partial charge on any atom is 0.278 e. The van der Waals surface area contributed by atoms with Gasteiger partial charge in [0.2, 0.25) is 0 Å². The van der Waals surface area contributed by atoms with Crippen LogP contribution in [0.3, 0.4) is 0 Å². The highest BCUT2D eigenvalue weighted by atomic mass is 16.5. The monoisotopic (exact) mass is 364 g/mol. The van der Waals surface area contributed by atoms with Gasteiger partial charge in [0.25, 0.3) is 11.8 Å². The van der Waals surface area contributed by atoms with Gasteiger partial charge in [0.15, 0.2) is 0 Å². The number of hydrogen-bond donors (Lipinski definition) is 1. The molecule has 2 aromatic rings. The van der Waals surface area contributed by atoms with Crippen LogP contribution in [0.5, 0.6) is 5.75 Å². The number of hydrogen-bond acceptors (Lipinski definition) is 4. The molecule has 5 heteroatoms. The molecule has 2 aromatic carbocycles. The molecule has 5 nitrogen and oxygen atoms in total. The number of carbonyl (C=O) groups is 2. The number of anilines is 1. The van der Waals surface area contributed by atoms with Crippen molar-refractivity contribution in [2.24, 2.45) is 5.92 Å². The zero-order chi connectivity index (χ0) is 19.4.